The van der Waals surface area contributed by atoms with Crippen molar-refractivity contribution in [1.82, 2.24) is 19.8 Å². The summed E-state index contributed by atoms with van der Waals surface area (Å²) in [5.74, 6) is 0.210. The fourth-order valence-electron chi connectivity index (χ4n) is 3.91. The summed E-state index contributed by atoms with van der Waals surface area (Å²) in [5.41, 5.74) is -1.24. The van der Waals surface area contributed by atoms with Gasteiger partial charge in [0, 0.05) is 37.0 Å². The van der Waals surface area contributed by atoms with Crippen molar-refractivity contribution in [3.8, 4) is 0 Å². The third kappa shape index (κ3) is 12.7. The third-order valence-electron chi connectivity index (χ3n) is 6.94. The van der Waals surface area contributed by atoms with E-state index in [-0.39, 0.29) is 64.2 Å². The van der Waals surface area contributed by atoms with Crippen LogP contribution in [-0.2, 0) is 28.9 Å². The fraction of sp³-hybridized carbons (Fsp3) is 0.667. The van der Waals surface area contributed by atoms with Crippen LogP contribution in [0.3, 0.4) is 0 Å². The van der Waals surface area contributed by atoms with Gasteiger partial charge in [0.25, 0.3) is 11.8 Å². The quantitative estimate of drug-likeness (QED) is 0.288. The summed E-state index contributed by atoms with van der Waals surface area (Å²) in [5, 5.41) is 5.42. The molecule has 2 unspecified atom stereocenters. The summed E-state index contributed by atoms with van der Waals surface area (Å²) < 4.78 is 35.4. The van der Waals surface area contributed by atoms with Crippen LogP contribution < -0.4 is 10.6 Å². The number of amides is 4. The number of morpholine rings is 2. The minimum Gasteiger partial charge on any atom is -0.378 e. The molecule has 0 aromatic carbocycles. The lowest BCUT2D eigenvalue weighted by molar-refractivity contribution is -0.123. The maximum atomic E-state index is 12.8. The number of rotatable bonds is 8. The molecule has 2 saturated heterocycles. The Kier molecular flexibility index (Phi) is 18.4. The highest BCUT2D eigenvalue weighted by molar-refractivity contribution is 8.01. The van der Waals surface area contributed by atoms with E-state index in [1.165, 1.54) is 18.3 Å². The Morgan fingerprint density at radius 1 is 0.740 bits per heavy atom. The van der Waals surface area contributed by atoms with E-state index in [0.717, 1.165) is 21.4 Å². The monoisotopic (exact) mass is 814 g/mol. The highest BCUT2D eigenvalue weighted by atomic mass is 32.2. The van der Waals surface area contributed by atoms with Crippen molar-refractivity contribution in [1.29, 1.82) is 0 Å². The zero-order valence-corrected chi connectivity index (χ0v) is 36.3. The summed E-state index contributed by atoms with van der Waals surface area (Å²) in [6, 6.07) is 0. The molecule has 50 heavy (non-hydrogen) atoms. The maximum Gasteiger partial charge on any atom is 0.268 e. The van der Waals surface area contributed by atoms with E-state index >= 15 is 0 Å². The minimum absolute atomic E-state index is 0. The van der Waals surface area contributed by atoms with Gasteiger partial charge in [0.2, 0.25) is 26.0 Å². The number of hydrogen-bond donors (Lipinski definition) is 2. The number of nitrogens with one attached hydrogen (secondary N) is 2. The molecule has 2 aromatic rings. The van der Waals surface area contributed by atoms with Crippen LogP contribution in [0.5, 0.6) is 0 Å². The maximum absolute atomic E-state index is 12.8. The van der Waals surface area contributed by atoms with Gasteiger partial charge in [-0.2, -0.15) is 19.8 Å². The zero-order chi connectivity index (χ0) is 35.9. The number of thiazole rings is 2. The number of anilines is 2. The van der Waals surface area contributed by atoms with Gasteiger partial charge in [0.15, 0.2) is 16.0 Å². The van der Waals surface area contributed by atoms with Crippen molar-refractivity contribution in [2.45, 2.75) is 64.1 Å². The highest BCUT2D eigenvalue weighted by Gasteiger charge is 2.32. The predicted octanol–water partition coefficient (Wildman–Crippen LogP) is 4.22. The second-order valence-corrected chi connectivity index (χ2v) is 18.8. The van der Waals surface area contributed by atoms with Crippen molar-refractivity contribution in [3.63, 3.8) is 0 Å². The number of carbonyl (C=O) groups excluding carboxylic acids is 4. The molecule has 0 aliphatic carbocycles. The van der Waals surface area contributed by atoms with Gasteiger partial charge in [-0.15, -0.1) is 11.3 Å². The van der Waals surface area contributed by atoms with Gasteiger partial charge in [0.1, 0.15) is 9.75 Å². The molecule has 4 rings (SSSR count). The van der Waals surface area contributed by atoms with E-state index < -0.39 is 20.7 Å². The molecule has 0 saturated carbocycles. The Labute approximate surface area is 314 Å². The van der Waals surface area contributed by atoms with Gasteiger partial charge in [-0.05, 0) is 5.75 Å². The molecule has 4 heterocycles. The van der Waals surface area contributed by atoms with E-state index in [1.807, 2.05) is 27.7 Å². The molecule has 2 aliphatic rings. The molecule has 2 aromatic heterocycles. The van der Waals surface area contributed by atoms with Crippen LogP contribution >= 0.6 is 54.2 Å². The first-order valence-electron chi connectivity index (χ1n) is 15.6. The second kappa shape index (κ2) is 19.9. The molecule has 0 bridgehead atoms. The van der Waals surface area contributed by atoms with Crippen molar-refractivity contribution in [2.24, 2.45) is 10.8 Å². The number of hydrogen-bond acceptors (Lipinski definition) is 13. The number of thioether (sulfide) groups is 1. The SMILES string of the molecule is CCS(=O)(=O)c1nc(NC(=O)C(C)(C)C)c(C(=O)N2CCOCC2)s1.CCSc1nc(NC(=O)C(C)(C)C)c(C(=O)N2CCOCC2)s1.P.P. The van der Waals surface area contributed by atoms with Crippen molar-refractivity contribution < 1.29 is 37.1 Å². The first-order valence-corrected chi connectivity index (χ1v) is 19.9. The lowest BCUT2D eigenvalue weighted by Gasteiger charge is -2.26. The Morgan fingerprint density at radius 3 is 1.52 bits per heavy atom. The smallest absolute Gasteiger partial charge is 0.268 e. The average molecular weight is 815 g/mol. The van der Waals surface area contributed by atoms with Crippen molar-refractivity contribution in [2.75, 3.05) is 74.7 Å². The summed E-state index contributed by atoms with van der Waals surface area (Å²) in [6.07, 6.45) is 0. The summed E-state index contributed by atoms with van der Waals surface area (Å²) in [4.78, 5) is 62.5. The molecule has 14 nitrogen and oxygen atoms in total. The van der Waals surface area contributed by atoms with E-state index in [1.54, 1.807) is 42.3 Å². The Balaban J connectivity index is 0.000000482. The standard InChI is InChI=1S/C15H23N3O5S2.C15H23N3O3S2.2H3P/c1-5-25(21,22)14-17-11(16-13(20)15(2,3)4)10(24-14)12(19)18-6-8-23-9-7-18;1-5-22-14-17-11(16-13(20)15(2,3)4)10(23-14)12(19)18-6-8-21-9-7-18;;/h5-9H2,1-4H3,(H,16,20);5-9H2,1-4H3,(H,16,20);2*1H3. The molecular formula is C30H52N6O8P2S4. The first-order chi connectivity index (χ1) is 22.4. The topological polar surface area (TPSA) is 177 Å². The largest absolute Gasteiger partial charge is 0.378 e. The fourth-order valence-corrected chi connectivity index (χ4v) is 8.19. The molecule has 0 spiro atoms. The lowest BCUT2D eigenvalue weighted by atomic mass is 9.96. The van der Waals surface area contributed by atoms with Crippen molar-refractivity contribution in [3.05, 3.63) is 9.75 Å². The average Bonchev–Trinajstić information content (AvgIpc) is 3.65. The molecule has 2 aliphatic heterocycles. The second-order valence-electron chi connectivity index (χ2n) is 12.9. The molecule has 2 N–H and O–H groups in total. The van der Waals surface area contributed by atoms with Crippen LogP contribution in [0.25, 0.3) is 0 Å². The first kappa shape index (κ1) is 46.2. The predicted molar refractivity (Wildman–Crippen MR) is 210 cm³/mol. The normalized spacial score (nSPS) is 15.1. The highest BCUT2D eigenvalue weighted by Crippen LogP contribution is 2.33. The number of ether oxygens (including phenoxy) is 2. The van der Waals surface area contributed by atoms with E-state index in [9.17, 15) is 27.6 Å². The van der Waals surface area contributed by atoms with E-state index in [4.69, 9.17) is 9.47 Å². The van der Waals surface area contributed by atoms with Gasteiger partial charge < -0.3 is 29.9 Å². The Morgan fingerprint density at radius 2 is 1.14 bits per heavy atom. The molecule has 2 fully saturated rings. The van der Waals surface area contributed by atoms with Crippen LogP contribution in [0.2, 0.25) is 0 Å². The van der Waals surface area contributed by atoms with Gasteiger partial charge >= 0.3 is 0 Å². The van der Waals surface area contributed by atoms with Crippen LogP contribution in [-0.4, -0.2) is 116 Å². The molecule has 0 radical (unpaired) electrons. The van der Waals surface area contributed by atoms with Gasteiger partial charge in [-0.25, -0.2) is 18.4 Å². The number of carbonyl (C=O) groups is 4. The van der Waals surface area contributed by atoms with Gasteiger partial charge in [-0.3, -0.25) is 19.2 Å². The molecule has 20 heteroatoms. The number of sulfone groups is 1. The summed E-state index contributed by atoms with van der Waals surface area (Å²) >= 11 is 3.71. The lowest BCUT2D eigenvalue weighted by Crippen LogP contribution is -2.40. The number of nitrogens with zero attached hydrogens (tertiary/aromatic N) is 4. The van der Waals surface area contributed by atoms with Gasteiger partial charge in [-0.1, -0.05) is 78.5 Å². The molecule has 284 valence electrons. The Hall–Kier alpha value is -1.78. The van der Waals surface area contributed by atoms with Crippen LogP contribution in [0.1, 0.15) is 74.7 Å². The van der Waals surface area contributed by atoms with Crippen molar-refractivity contribution >= 4 is 99.3 Å². The third-order valence-corrected chi connectivity index (χ3v) is 12.2. The summed E-state index contributed by atoms with van der Waals surface area (Å²) in [7, 11) is -3.57. The molecular weight excluding hydrogens is 763 g/mol. The van der Waals surface area contributed by atoms with Gasteiger partial charge in [0.05, 0.1) is 32.2 Å². The van der Waals surface area contributed by atoms with E-state index in [0.29, 0.717) is 63.3 Å². The van der Waals surface area contributed by atoms with Crippen LogP contribution in [0, 0.1) is 10.8 Å². The van der Waals surface area contributed by atoms with Crippen LogP contribution in [0.15, 0.2) is 8.68 Å². The molecule has 4 amide bonds. The summed E-state index contributed by atoms with van der Waals surface area (Å²) in [6.45, 7) is 18.1. The van der Waals surface area contributed by atoms with E-state index in [2.05, 4.69) is 20.6 Å². The zero-order valence-electron chi connectivity index (χ0n) is 30.2. The number of aromatic nitrogens is 2. The molecule has 2 atom stereocenters. The Bertz CT molecular complexity index is 1580. The van der Waals surface area contributed by atoms with Crippen LogP contribution in [0.4, 0.5) is 11.6 Å². The minimum atomic E-state index is -3.57.